The maximum Gasteiger partial charge on any atom is 0.330 e. The molecule has 1 amide bonds. The maximum absolute atomic E-state index is 11.6. The number of aromatic nitrogens is 3. The van der Waals surface area contributed by atoms with Gasteiger partial charge >= 0.3 is 5.97 Å². The van der Waals surface area contributed by atoms with E-state index in [9.17, 15) is 9.59 Å². The van der Waals surface area contributed by atoms with Crippen molar-refractivity contribution >= 4 is 35.1 Å². The van der Waals surface area contributed by atoms with Crippen molar-refractivity contribution < 1.29 is 14.3 Å². The zero-order valence-electron chi connectivity index (χ0n) is 17.4. The number of rotatable bonds is 8. The molecule has 0 bridgehead atoms. The largest absolute Gasteiger partial charge is 0.462 e. The summed E-state index contributed by atoms with van der Waals surface area (Å²) in [5.74, 6) is 1.02. The molecule has 1 aromatic carbocycles. The summed E-state index contributed by atoms with van der Waals surface area (Å²) < 4.78 is 4.96. The molecule has 3 rings (SSSR count). The summed E-state index contributed by atoms with van der Waals surface area (Å²) in [6, 6.07) is 5.66. The van der Waals surface area contributed by atoms with Gasteiger partial charge in [0.1, 0.15) is 5.82 Å². The molecule has 0 spiro atoms. The molecule has 158 valence electrons. The number of amides is 1. The minimum atomic E-state index is -0.442. The molecule has 1 aliphatic heterocycles. The highest BCUT2D eigenvalue weighted by atomic mass is 16.5. The molecule has 0 saturated carbocycles. The van der Waals surface area contributed by atoms with E-state index in [1.54, 1.807) is 0 Å². The SMILES string of the molecule is C=CC(=O)OCCCNc1nc(Nc2ccc3c(c2)NC(=O)C3)nc(C(C)(C)C)n1. The Morgan fingerprint density at radius 1 is 1.27 bits per heavy atom. The molecule has 9 nitrogen and oxygen atoms in total. The summed E-state index contributed by atoms with van der Waals surface area (Å²) in [6.45, 7) is 10.2. The lowest BCUT2D eigenvalue weighted by Gasteiger charge is -2.18. The van der Waals surface area contributed by atoms with E-state index in [1.165, 1.54) is 0 Å². The third-order valence-corrected chi connectivity index (χ3v) is 4.31. The van der Waals surface area contributed by atoms with E-state index in [4.69, 9.17) is 4.74 Å². The first-order valence-corrected chi connectivity index (χ1v) is 9.74. The topological polar surface area (TPSA) is 118 Å². The lowest BCUT2D eigenvalue weighted by atomic mass is 9.96. The first kappa shape index (κ1) is 21.2. The van der Waals surface area contributed by atoms with Gasteiger partial charge in [0.2, 0.25) is 17.8 Å². The Hall–Kier alpha value is -3.49. The van der Waals surface area contributed by atoms with Gasteiger partial charge in [-0.05, 0) is 24.1 Å². The van der Waals surface area contributed by atoms with Crippen LogP contribution in [0.2, 0.25) is 0 Å². The van der Waals surface area contributed by atoms with Gasteiger partial charge in [-0.25, -0.2) is 4.79 Å². The van der Waals surface area contributed by atoms with Crippen molar-refractivity contribution in [1.29, 1.82) is 0 Å². The highest BCUT2D eigenvalue weighted by Crippen LogP contribution is 2.28. The molecule has 0 unspecified atom stereocenters. The number of carbonyl (C=O) groups is 2. The van der Waals surface area contributed by atoms with E-state index in [0.29, 0.717) is 37.1 Å². The second kappa shape index (κ2) is 8.89. The summed E-state index contributed by atoms with van der Waals surface area (Å²) in [5.41, 5.74) is 2.25. The summed E-state index contributed by atoms with van der Waals surface area (Å²) in [6.07, 6.45) is 2.13. The molecule has 0 fully saturated rings. The zero-order chi connectivity index (χ0) is 21.7. The van der Waals surface area contributed by atoms with Gasteiger partial charge < -0.3 is 20.7 Å². The fraction of sp³-hybridized carbons (Fsp3) is 0.381. The van der Waals surface area contributed by atoms with Crippen molar-refractivity contribution in [3.05, 3.63) is 42.2 Å². The first-order valence-electron chi connectivity index (χ1n) is 9.74. The quantitative estimate of drug-likeness (QED) is 0.345. The lowest BCUT2D eigenvalue weighted by molar-refractivity contribution is -0.137. The zero-order valence-corrected chi connectivity index (χ0v) is 17.4. The molecule has 30 heavy (non-hydrogen) atoms. The van der Waals surface area contributed by atoms with Gasteiger partial charge in [-0.2, -0.15) is 15.0 Å². The standard InChI is InChI=1S/C21H26N6O3/c1-5-17(29)30-10-6-9-22-19-25-18(21(2,3)4)26-20(27-19)23-14-8-7-13-11-16(28)24-15(13)12-14/h5,7-8,12H,1,6,9-11H2,2-4H3,(H,24,28)(H2,22,23,25,26,27). The van der Waals surface area contributed by atoms with E-state index in [-0.39, 0.29) is 17.9 Å². The van der Waals surface area contributed by atoms with Gasteiger partial charge in [-0.3, -0.25) is 4.79 Å². The Bertz CT molecular complexity index is 968. The van der Waals surface area contributed by atoms with Crippen LogP contribution in [0.1, 0.15) is 38.6 Å². The summed E-state index contributed by atoms with van der Waals surface area (Å²) in [4.78, 5) is 36.1. The summed E-state index contributed by atoms with van der Waals surface area (Å²) >= 11 is 0. The molecule has 0 radical (unpaired) electrons. The molecule has 0 atom stereocenters. The van der Waals surface area contributed by atoms with Crippen LogP contribution in [-0.2, 0) is 26.2 Å². The third kappa shape index (κ3) is 5.53. The molecule has 9 heteroatoms. The van der Waals surface area contributed by atoms with Gasteiger partial charge in [-0.1, -0.05) is 33.4 Å². The first-order chi connectivity index (χ1) is 14.2. The Kier molecular flexibility index (Phi) is 6.29. The molecule has 1 aliphatic rings. The highest BCUT2D eigenvalue weighted by Gasteiger charge is 2.21. The number of esters is 1. The van der Waals surface area contributed by atoms with Crippen LogP contribution in [0, 0.1) is 0 Å². The fourth-order valence-corrected chi connectivity index (χ4v) is 2.77. The molecule has 1 aromatic heterocycles. The smallest absolute Gasteiger partial charge is 0.330 e. The minimum Gasteiger partial charge on any atom is -0.462 e. The van der Waals surface area contributed by atoms with E-state index in [0.717, 1.165) is 23.0 Å². The van der Waals surface area contributed by atoms with Gasteiger partial charge in [0.05, 0.1) is 13.0 Å². The summed E-state index contributed by atoms with van der Waals surface area (Å²) in [5, 5.41) is 9.17. The number of anilines is 4. The van der Waals surface area contributed by atoms with Gasteiger partial charge in [0.25, 0.3) is 0 Å². The second-order valence-electron chi connectivity index (χ2n) is 7.93. The normalized spacial score (nSPS) is 12.7. The average Bonchev–Trinajstić information content (AvgIpc) is 3.06. The number of hydrogen-bond acceptors (Lipinski definition) is 8. The second-order valence-corrected chi connectivity index (χ2v) is 7.93. The van der Waals surface area contributed by atoms with Crippen LogP contribution in [0.5, 0.6) is 0 Å². The number of nitrogens with one attached hydrogen (secondary N) is 3. The predicted octanol–water partition coefficient (Wildman–Crippen LogP) is 2.94. The van der Waals surface area contributed by atoms with Crippen LogP contribution in [0.25, 0.3) is 0 Å². The molecule has 2 heterocycles. The third-order valence-electron chi connectivity index (χ3n) is 4.31. The fourth-order valence-electron chi connectivity index (χ4n) is 2.77. The lowest BCUT2D eigenvalue weighted by Crippen LogP contribution is -2.20. The van der Waals surface area contributed by atoms with Crippen molar-refractivity contribution in [2.75, 3.05) is 29.1 Å². The van der Waals surface area contributed by atoms with Gasteiger partial charge in [0.15, 0.2) is 0 Å². The van der Waals surface area contributed by atoms with Crippen LogP contribution >= 0.6 is 0 Å². The molecule has 0 saturated heterocycles. The monoisotopic (exact) mass is 410 g/mol. The van der Waals surface area contributed by atoms with Crippen LogP contribution in [0.4, 0.5) is 23.3 Å². The minimum absolute atomic E-state index is 0.0115. The number of fused-ring (bicyclic) bond motifs is 1. The van der Waals surface area contributed by atoms with Crippen LogP contribution in [0.3, 0.4) is 0 Å². The van der Waals surface area contributed by atoms with Crippen LogP contribution in [-0.4, -0.2) is 40.0 Å². The Balaban J connectivity index is 1.71. The molecule has 2 aromatic rings. The van der Waals surface area contributed by atoms with Crippen molar-refractivity contribution in [2.45, 2.75) is 39.0 Å². The molecule has 0 aliphatic carbocycles. The summed E-state index contributed by atoms with van der Waals surface area (Å²) in [7, 11) is 0. The molecule has 3 N–H and O–H groups in total. The van der Waals surface area contributed by atoms with Gasteiger partial charge in [-0.15, -0.1) is 0 Å². The highest BCUT2D eigenvalue weighted by molar-refractivity contribution is 5.99. The predicted molar refractivity (Wildman–Crippen MR) is 115 cm³/mol. The number of nitrogens with zero attached hydrogens (tertiary/aromatic N) is 3. The van der Waals surface area contributed by atoms with Crippen molar-refractivity contribution in [1.82, 2.24) is 15.0 Å². The molecular weight excluding hydrogens is 384 g/mol. The molecular formula is C21H26N6O3. The number of hydrogen-bond donors (Lipinski definition) is 3. The van der Waals surface area contributed by atoms with E-state index >= 15 is 0 Å². The number of ether oxygens (including phenoxy) is 1. The van der Waals surface area contributed by atoms with E-state index in [1.807, 2.05) is 39.0 Å². The van der Waals surface area contributed by atoms with Gasteiger partial charge in [0, 0.05) is 29.4 Å². The number of carbonyl (C=O) groups excluding carboxylic acids is 2. The Morgan fingerprint density at radius 3 is 2.77 bits per heavy atom. The number of benzene rings is 1. The Labute approximate surface area is 175 Å². The maximum atomic E-state index is 11.6. The van der Waals surface area contributed by atoms with Crippen molar-refractivity contribution in [3.8, 4) is 0 Å². The Morgan fingerprint density at radius 2 is 2.03 bits per heavy atom. The van der Waals surface area contributed by atoms with E-state index in [2.05, 4.69) is 37.5 Å². The average molecular weight is 410 g/mol. The van der Waals surface area contributed by atoms with E-state index < -0.39 is 5.97 Å². The van der Waals surface area contributed by atoms with Crippen molar-refractivity contribution in [2.24, 2.45) is 0 Å². The van der Waals surface area contributed by atoms with Crippen molar-refractivity contribution in [3.63, 3.8) is 0 Å². The van der Waals surface area contributed by atoms with Crippen LogP contribution < -0.4 is 16.0 Å². The van der Waals surface area contributed by atoms with Crippen LogP contribution in [0.15, 0.2) is 30.9 Å².